The Balaban J connectivity index is 3.62. The molecule has 114 valence electrons. The van der Waals surface area contributed by atoms with Gasteiger partial charge in [-0.2, -0.15) is 0 Å². The van der Waals surface area contributed by atoms with E-state index in [1.807, 2.05) is 0 Å². The first-order valence-electron chi connectivity index (χ1n) is 4.76. The second kappa shape index (κ2) is 5.46. The second-order valence-electron chi connectivity index (χ2n) is 3.42. The van der Waals surface area contributed by atoms with Crippen LogP contribution in [0, 0.1) is 0 Å². The van der Waals surface area contributed by atoms with E-state index in [0.717, 1.165) is 0 Å². The highest BCUT2D eigenvalue weighted by atomic mass is 32.2. The Hall–Kier alpha value is -1.53. The monoisotopic (exact) mass is 321 g/mol. The summed E-state index contributed by atoms with van der Waals surface area (Å²) in [6, 6.07) is 0. The molecule has 0 aliphatic heterocycles. The van der Waals surface area contributed by atoms with Crippen LogP contribution in [0.1, 0.15) is 17.6 Å². The number of pyridine rings is 1. The number of nitrogens with two attached hydrogens (primary N) is 2. The van der Waals surface area contributed by atoms with Crippen molar-refractivity contribution in [3.63, 3.8) is 0 Å². The SMILES string of the molecule is NCc1c(OC(F)(F)F)ncc(C(F)F)c1S(N)(=O)=O. The van der Waals surface area contributed by atoms with Crippen molar-refractivity contribution < 1.29 is 35.1 Å². The van der Waals surface area contributed by atoms with Crippen LogP contribution in [-0.4, -0.2) is 19.8 Å². The highest BCUT2D eigenvalue weighted by molar-refractivity contribution is 7.89. The molecule has 0 saturated heterocycles. The molecular formula is C8H8F5N3O3S. The van der Waals surface area contributed by atoms with Crippen molar-refractivity contribution in [1.82, 2.24) is 4.98 Å². The third kappa shape index (κ3) is 3.74. The van der Waals surface area contributed by atoms with Gasteiger partial charge in [0.15, 0.2) is 0 Å². The Kier molecular flexibility index (Phi) is 4.51. The standard InChI is InChI=1S/C8H8F5N3O3S/c9-6(10)4-2-16-7(19-8(11,12)13)3(1-14)5(4)20(15,17)18/h2,6H,1,14H2,(H2,15,17,18). The van der Waals surface area contributed by atoms with E-state index < -0.39 is 51.3 Å². The molecule has 12 heteroatoms. The number of aromatic nitrogens is 1. The fraction of sp³-hybridized carbons (Fsp3) is 0.375. The van der Waals surface area contributed by atoms with Gasteiger partial charge in [-0.05, 0) is 0 Å². The number of halogens is 5. The van der Waals surface area contributed by atoms with Crippen LogP contribution in [0.5, 0.6) is 5.88 Å². The molecule has 1 aromatic rings. The minimum absolute atomic E-state index is 0.241. The van der Waals surface area contributed by atoms with Crippen molar-refractivity contribution >= 4 is 10.0 Å². The first-order chi connectivity index (χ1) is 8.97. The van der Waals surface area contributed by atoms with Crippen molar-refractivity contribution in [1.29, 1.82) is 0 Å². The van der Waals surface area contributed by atoms with Crippen LogP contribution >= 0.6 is 0 Å². The lowest BCUT2D eigenvalue weighted by Gasteiger charge is -2.16. The molecule has 0 aromatic carbocycles. The number of ether oxygens (including phenoxy) is 1. The lowest BCUT2D eigenvalue weighted by molar-refractivity contribution is -0.276. The topological polar surface area (TPSA) is 108 Å². The van der Waals surface area contributed by atoms with Gasteiger partial charge in [0, 0.05) is 18.3 Å². The number of alkyl halides is 5. The summed E-state index contributed by atoms with van der Waals surface area (Å²) >= 11 is 0. The molecule has 6 nitrogen and oxygen atoms in total. The zero-order chi connectivity index (χ0) is 15.7. The Labute approximate surface area is 109 Å². The van der Waals surface area contributed by atoms with Crippen molar-refractivity contribution in [2.75, 3.05) is 0 Å². The zero-order valence-corrected chi connectivity index (χ0v) is 10.3. The van der Waals surface area contributed by atoms with E-state index >= 15 is 0 Å². The van der Waals surface area contributed by atoms with Gasteiger partial charge in [-0.1, -0.05) is 0 Å². The van der Waals surface area contributed by atoms with Crippen LogP contribution in [0.15, 0.2) is 11.1 Å². The quantitative estimate of drug-likeness (QED) is 0.805. The van der Waals surface area contributed by atoms with Crippen LogP contribution in [0.2, 0.25) is 0 Å². The van der Waals surface area contributed by atoms with Crippen LogP contribution < -0.4 is 15.6 Å². The summed E-state index contributed by atoms with van der Waals surface area (Å²) in [5, 5.41) is 4.72. The maximum atomic E-state index is 12.7. The molecule has 0 radical (unpaired) electrons. The lowest BCUT2D eigenvalue weighted by atomic mass is 10.2. The molecule has 1 aromatic heterocycles. The molecule has 4 N–H and O–H groups in total. The highest BCUT2D eigenvalue weighted by Crippen LogP contribution is 2.34. The Morgan fingerprint density at radius 2 is 1.90 bits per heavy atom. The predicted octanol–water partition coefficient (Wildman–Crippen LogP) is 1.02. The van der Waals surface area contributed by atoms with E-state index in [2.05, 4.69) is 9.72 Å². The molecule has 0 aliphatic rings. The molecule has 0 saturated carbocycles. The van der Waals surface area contributed by atoms with Crippen molar-refractivity contribution in [3.05, 3.63) is 17.3 Å². The summed E-state index contributed by atoms with van der Waals surface area (Å²) in [6.45, 7) is -0.843. The number of sulfonamides is 1. The van der Waals surface area contributed by atoms with E-state index in [9.17, 15) is 30.4 Å². The average molecular weight is 321 g/mol. The van der Waals surface area contributed by atoms with Gasteiger partial charge >= 0.3 is 6.36 Å². The number of primary sulfonamides is 1. The average Bonchev–Trinajstić information content (AvgIpc) is 2.24. The summed E-state index contributed by atoms with van der Waals surface area (Å²) in [7, 11) is -4.75. The van der Waals surface area contributed by atoms with Gasteiger partial charge in [-0.25, -0.2) is 27.3 Å². The van der Waals surface area contributed by atoms with Gasteiger partial charge in [-0.15, -0.1) is 13.2 Å². The third-order valence-electron chi connectivity index (χ3n) is 2.05. The smallest absolute Gasteiger partial charge is 0.387 e. The second-order valence-corrected chi connectivity index (χ2v) is 4.92. The zero-order valence-electron chi connectivity index (χ0n) is 9.49. The molecule has 1 rings (SSSR count). The predicted molar refractivity (Wildman–Crippen MR) is 55.1 cm³/mol. The van der Waals surface area contributed by atoms with Gasteiger partial charge in [0.25, 0.3) is 6.43 Å². The summed E-state index contributed by atoms with van der Waals surface area (Å²) < 4.78 is 87.7. The molecule has 1 heterocycles. The van der Waals surface area contributed by atoms with Gasteiger partial charge in [0.2, 0.25) is 15.9 Å². The van der Waals surface area contributed by atoms with E-state index in [1.54, 1.807) is 0 Å². The lowest BCUT2D eigenvalue weighted by Crippen LogP contribution is -2.24. The summed E-state index contributed by atoms with van der Waals surface area (Å²) in [5.41, 5.74) is 3.06. The molecule has 0 unspecified atom stereocenters. The van der Waals surface area contributed by atoms with Gasteiger partial charge in [0.05, 0.1) is 5.56 Å². The minimum Gasteiger partial charge on any atom is -0.387 e. The van der Waals surface area contributed by atoms with Crippen LogP contribution in [0.25, 0.3) is 0 Å². The number of hydrogen-bond donors (Lipinski definition) is 2. The maximum Gasteiger partial charge on any atom is 0.574 e. The van der Waals surface area contributed by atoms with Crippen molar-refractivity contribution in [3.8, 4) is 5.88 Å². The molecular weight excluding hydrogens is 313 g/mol. The van der Waals surface area contributed by atoms with Crippen LogP contribution in [0.3, 0.4) is 0 Å². The van der Waals surface area contributed by atoms with Crippen molar-refractivity contribution in [2.45, 2.75) is 24.2 Å². The molecule has 0 amide bonds. The Morgan fingerprint density at radius 1 is 1.35 bits per heavy atom. The molecule has 0 aliphatic carbocycles. The summed E-state index contributed by atoms with van der Waals surface area (Å²) in [5.74, 6) is -1.24. The van der Waals surface area contributed by atoms with Gasteiger partial charge in [-0.3, -0.25) is 0 Å². The van der Waals surface area contributed by atoms with Gasteiger partial charge in [0.1, 0.15) is 4.90 Å². The Morgan fingerprint density at radius 3 is 2.25 bits per heavy atom. The van der Waals surface area contributed by atoms with Crippen molar-refractivity contribution in [2.24, 2.45) is 10.9 Å². The maximum absolute atomic E-state index is 12.7. The molecule has 0 atom stereocenters. The largest absolute Gasteiger partial charge is 0.574 e. The molecule has 0 bridgehead atoms. The third-order valence-corrected chi connectivity index (χ3v) is 3.10. The van der Waals surface area contributed by atoms with E-state index in [1.165, 1.54) is 0 Å². The van der Waals surface area contributed by atoms with Crippen LogP contribution in [-0.2, 0) is 16.6 Å². The van der Waals surface area contributed by atoms with Gasteiger partial charge < -0.3 is 10.5 Å². The minimum atomic E-state index is -5.20. The Bertz CT molecular complexity index is 602. The first kappa shape index (κ1) is 16.5. The van der Waals surface area contributed by atoms with E-state index in [0.29, 0.717) is 0 Å². The van der Waals surface area contributed by atoms with Crippen LogP contribution in [0.4, 0.5) is 22.0 Å². The molecule has 0 fully saturated rings. The first-order valence-corrected chi connectivity index (χ1v) is 6.30. The molecule has 0 spiro atoms. The number of hydrogen-bond acceptors (Lipinski definition) is 5. The highest BCUT2D eigenvalue weighted by Gasteiger charge is 2.35. The summed E-state index contributed by atoms with van der Waals surface area (Å²) in [6.07, 6.45) is -8.27. The fourth-order valence-corrected chi connectivity index (χ4v) is 2.39. The van der Waals surface area contributed by atoms with E-state index in [4.69, 9.17) is 10.9 Å². The van der Waals surface area contributed by atoms with E-state index in [-0.39, 0.29) is 6.20 Å². The molecule has 20 heavy (non-hydrogen) atoms. The summed E-state index contributed by atoms with van der Waals surface area (Å²) in [4.78, 5) is 1.79. The number of nitrogens with zero attached hydrogens (tertiary/aromatic N) is 1. The normalized spacial score (nSPS) is 12.8. The fourth-order valence-electron chi connectivity index (χ4n) is 1.41. The number of rotatable bonds is 4.